The molecule has 3 aromatic rings. The number of nitrogens with zero attached hydrogens (tertiary/aromatic N) is 2. The van der Waals surface area contributed by atoms with E-state index in [1.807, 2.05) is 19.1 Å². The van der Waals surface area contributed by atoms with E-state index < -0.39 is 22.8 Å². The molecular weight excluding hydrogens is 570 g/mol. The highest BCUT2D eigenvalue weighted by Gasteiger charge is 2.36. The van der Waals surface area contributed by atoms with Gasteiger partial charge in [0.05, 0.1) is 21.7 Å². The van der Waals surface area contributed by atoms with Crippen molar-refractivity contribution in [3.05, 3.63) is 97.5 Å². The summed E-state index contributed by atoms with van der Waals surface area (Å²) in [5.74, 6) is -0.823. The highest BCUT2D eigenvalue weighted by Crippen LogP contribution is 2.38. The molecule has 200 valence electrons. The average molecular weight is 594 g/mol. The molecule has 1 N–H and O–H groups in total. The molecule has 1 saturated heterocycles. The fourth-order valence-electron chi connectivity index (χ4n) is 3.88. The Bertz CT molecular complexity index is 1470. The first-order valence-corrected chi connectivity index (χ1v) is 12.8. The average Bonchev–Trinajstić information content (AvgIpc) is 2.91. The molecule has 10 nitrogen and oxygen atoms in total. The number of hydrogen-bond acceptors (Lipinski definition) is 7. The van der Waals surface area contributed by atoms with Crippen LogP contribution in [-0.2, 0) is 22.6 Å². The van der Waals surface area contributed by atoms with Crippen LogP contribution in [0.15, 0.2) is 70.7 Å². The van der Waals surface area contributed by atoms with Gasteiger partial charge in [-0.25, -0.2) is 9.69 Å². The van der Waals surface area contributed by atoms with Crippen molar-refractivity contribution in [2.24, 2.45) is 0 Å². The predicted octanol–water partition coefficient (Wildman–Crippen LogP) is 5.56. The van der Waals surface area contributed by atoms with E-state index in [0.29, 0.717) is 39.4 Å². The SMILES string of the molecule is CCOc1cc(/C=C2/C(=O)NC(=O)N(c3ccc(CC)cc3)C2=O)cc(Br)c1OCc1ccc([N+](=O)[O-])cc1. The number of carbonyl (C=O) groups excluding carboxylic acids is 3. The van der Waals surface area contributed by atoms with Gasteiger partial charge < -0.3 is 9.47 Å². The molecule has 1 aliphatic heterocycles. The molecule has 0 saturated carbocycles. The van der Waals surface area contributed by atoms with Crippen LogP contribution in [0.3, 0.4) is 0 Å². The molecule has 4 amide bonds. The van der Waals surface area contributed by atoms with Crippen molar-refractivity contribution >= 4 is 51.2 Å². The Morgan fingerprint density at radius 1 is 0.974 bits per heavy atom. The third kappa shape index (κ3) is 6.15. The molecule has 1 heterocycles. The third-order valence-corrected chi connectivity index (χ3v) is 6.47. The summed E-state index contributed by atoms with van der Waals surface area (Å²) >= 11 is 3.47. The van der Waals surface area contributed by atoms with Gasteiger partial charge >= 0.3 is 6.03 Å². The molecule has 0 aromatic heterocycles. The monoisotopic (exact) mass is 593 g/mol. The Morgan fingerprint density at radius 3 is 2.26 bits per heavy atom. The molecule has 11 heteroatoms. The van der Waals surface area contributed by atoms with Gasteiger partial charge in [-0.1, -0.05) is 19.1 Å². The summed E-state index contributed by atoms with van der Waals surface area (Å²) in [6.45, 7) is 4.22. The Balaban J connectivity index is 1.62. The molecule has 0 unspecified atom stereocenters. The number of benzene rings is 3. The molecule has 3 aromatic carbocycles. The van der Waals surface area contributed by atoms with Crippen LogP contribution < -0.4 is 19.7 Å². The molecule has 0 aliphatic carbocycles. The fraction of sp³-hybridized carbons (Fsp3) is 0.179. The molecular formula is C28H24BrN3O7. The number of barbiturate groups is 1. The summed E-state index contributed by atoms with van der Waals surface area (Å²) in [7, 11) is 0. The number of carbonyl (C=O) groups is 3. The summed E-state index contributed by atoms with van der Waals surface area (Å²) in [4.78, 5) is 49.7. The van der Waals surface area contributed by atoms with E-state index in [-0.39, 0.29) is 17.9 Å². The van der Waals surface area contributed by atoms with E-state index in [4.69, 9.17) is 9.47 Å². The molecule has 0 atom stereocenters. The van der Waals surface area contributed by atoms with Crippen LogP contribution in [0.2, 0.25) is 0 Å². The number of anilines is 1. The largest absolute Gasteiger partial charge is 0.490 e. The van der Waals surface area contributed by atoms with Crippen molar-refractivity contribution in [2.75, 3.05) is 11.5 Å². The van der Waals surface area contributed by atoms with Gasteiger partial charge in [0.25, 0.3) is 17.5 Å². The van der Waals surface area contributed by atoms with Gasteiger partial charge in [0.15, 0.2) is 11.5 Å². The van der Waals surface area contributed by atoms with E-state index in [1.165, 1.54) is 18.2 Å². The van der Waals surface area contributed by atoms with Gasteiger partial charge in [0, 0.05) is 12.1 Å². The van der Waals surface area contributed by atoms with Crippen molar-refractivity contribution < 1.29 is 28.8 Å². The molecule has 0 bridgehead atoms. The Kier molecular flexibility index (Phi) is 8.40. The molecule has 0 spiro atoms. The number of imide groups is 2. The summed E-state index contributed by atoms with van der Waals surface area (Å²) < 4.78 is 12.2. The number of nitro benzene ring substituents is 1. The summed E-state index contributed by atoms with van der Waals surface area (Å²) in [5, 5.41) is 13.1. The highest BCUT2D eigenvalue weighted by molar-refractivity contribution is 9.10. The van der Waals surface area contributed by atoms with Crippen molar-refractivity contribution in [2.45, 2.75) is 26.9 Å². The topological polar surface area (TPSA) is 128 Å². The maximum Gasteiger partial charge on any atom is 0.335 e. The smallest absolute Gasteiger partial charge is 0.335 e. The fourth-order valence-corrected chi connectivity index (χ4v) is 4.46. The quantitative estimate of drug-likeness (QED) is 0.149. The van der Waals surface area contributed by atoms with Gasteiger partial charge in [-0.2, -0.15) is 0 Å². The highest BCUT2D eigenvalue weighted by atomic mass is 79.9. The summed E-state index contributed by atoms with van der Waals surface area (Å²) in [5.41, 5.74) is 2.32. The van der Waals surface area contributed by atoms with Crippen LogP contribution in [0.25, 0.3) is 6.08 Å². The van der Waals surface area contributed by atoms with E-state index in [9.17, 15) is 24.5 Å². The van der Waals surface area contributed by atoms with Crippen molar-refractivity contribution in [1.82, 2.24) is 5.32 Å². The maximum absolute atomic E-state index is 13.3. The zero-order valence-corrected chi connectivity index (χ0v) is 22.7. The zero-order valence-electron chi connectivity index (χ0n) is 21.1. The van der Waals surface area contributed by atoms with E-state index >= 15 is 0 Å². The van der Waals surface area contributed by atoms with Crippen LogP contribution in [0.5, 0.6) is 11.5 Å². The number of urea groups is 1. The summed E-state index contributed by atoms with van der Waals surface area (Å²) in [6.07, 6.45) is 2.18. The van der Waals surface area contributed by atoms with Gasteiger partial charge in [0.2, 0.25) is 0 Å². The number of amides is 4. The van der Waals surface area contributed by atoms with Gasteiger partial charge in [-0.05, 0) is 88.4 Å². The molecule has 1 aliphatic rings. The molecule has 39 heavy (non-hydrogen) atoms. The van der Waals surface area contributed by atoms with Crippen molar-refractivity contribution in [1.29, 1.82) is 0 Å². The number of aryl methyl sites for hydroxylation is 1. The minimum atomic E-state index is -0.822. The Morgan fingerprint density at radius 2 is 1.64 bits per heavy atom. The number of halogens is 1. The van der Waals surface area contributed by atoms with Gasteiger partial charge in [-0.3, -0.25) is 25.0 Å². The van der Waals surface area contributed by atoms with E-state index in [0.717, 1.165) is 16.9 Å². The standard InChI is InChI=1S/C28H24BrN3O7/c1-3-17-5-9-20(10-6-17)31-27(34)22(26(33)30-28(31)35)13-19-14-23(29)25(24(15-19)38-4-2)39-16-18-7-11-21(12-8-18)32(36)37/h5-15H,3-4,16H2,1-2H3,(H,30,33,35)/b22-13-. The maximum atomic E-state index is 13.3. The van der Waals surface area contributed by atoms with Crippen molar-refractivity contribution in [3.63, 3.8) is 0 Å². The minimum Gasteiger partial charge on any atom is -0.490 e. The number of rotatable bonds is 9. The second-order valence-corrected chi connectivity index (χ2v) is 9.31. The van der Waals surface area contributed by atoms with Crippen LogP contribution >= 0.6 is 15.9 Å². The van der Waals surface area contributed by atoms with Crippen molar-refractivity contribution in [3.8, 4) is 11.5 Å². The van der Waals surface area contributed by atoms with E-state index in [1.54, 1.807) is 43.3 Å². The normalized spacial score (nSPS) is 14.4. The number of nitrogens with one attached hydrogen (secondary N) is 1. The first-order valence-electron chi connectivity index (χ1n) is 12.0. The van der Waals surface area contributed by atoms with Crippen LogP contribution in [0.4, 0.5) is 16.2 Å². The molecule has 0 radical (unpaired) electrons. The van der Waals surface area contributed by atoms with Gasteiger partial charge in [0.1, 0.15) is 12.2 Å². The number of non-ortho nitro benzene ring substituents is 1. The number of hydrogen-bond donors (Lipinski definition) is 1. The second kappa shape index (κ2) is 11.9. The molecule has 4 rings (SSSR count). The first-order chi connectivity index (χ1) is 18.7. The Labute approximate surface area is 232 Å². The van der Waals surface area contributed by atoms with Crippen LogP contribution in [-0.4, -0.2) is 29.4 Å². The predicted molar refractivity (Wildman–Crippen MR) is 148 cm³/mol. The second-order valence-electron chi connectivity index (χ2n) is 8.45. The molecule has 1 fully saturated rings. The lowest BCUT2D eigenvalue weighted by Gasteiger charge is -2.26. The minimum absolute atomic E-state index is 0.0214. The lowest BCUT2D eigenvalue weighted by Crippen LogP contribution is -2.54. The Hall–Kier alpha value is -4.51. The third-order valence-electron chi connectivity index (χ3n) is 5.88. The zero-order chi connectivity index (χ0) is 28.1. The lowest BCUT2D eigenvalue weighted by atomic mass is 10.1. The first kappa shape index (κ1) is 27.5. The lowest BCUT2D eigenvalue weighted by molar-refractivity contribution is -0.384. The van der Waals surface area contributed by atoms with Gasteiger partial charge in [-0.15, -0.1) is 0 Å². The summed E-state index contributed by atoms with van der Waals surface area (Å²) in [6, 6.07) is 15.4. The van der Waals surface area contributed by atoms with Crippen LogP contribution in [0.1, 0.15) is 30.5 Å². The van der Waals surface area contributed by atoms with E-state index in [2.05, 4.69) is 21.2 Å². The number of ether oxygens (including phenoxy) is 2. The van der Waals surface area contributed by atoms with Crippen LogP contribution in [0, 0.1) is 10.1 Å². The number of nitro groups is 1.